The first kappa shape index (κ1) is 24.2. The summed E-state index contributed by atoms with van der Waals surface area (Å²) in [5, 5.41) is 10.2. The fourth-order valence-electron chi connectivity index (χ4n) is 2.93. The van der Waals surface area contributed by atoms with Gasteiger partial charge in [-0.25, -0.2) is 18.7 Å². The van der Waals surface area contributed by atoms with Gasteiger partial charge < -0.3 is 25.3 Å². The van der Waals surface area contributed by atoms with Crippen molar-refractivity contribution in [3.8, 4) is 5.88 Å². The van der Waals surface area contributed by atoms with Crippen LogP contribution in [0.1, 0.15) is 28.9 Å². The van der Waals surface area contributed by atoms with Crippen LogP contribution in [0.4, 0.5) is 14.5 Å². The molecule has 3 atom stereocenters. The fraction of sp³-hybridized carbons (Fsp3) is 0.368. The highest BCUT2D eigenvalue weighted by atomic mass is 35.5. The van der Waals surface area contributed by atoms with Crippen molar-refractivity contribution in [1.82, 2.24) is 9.97 Å². The van der Waals surface area contributed by atoms with Gasteiger partial charge in [0, 0.05) is 23.7 Å². The summed E-state index contributed by atoms with van der Waals surface area (Å²) in [6.07, 6.45) is 0.337. The lowest BCUT2D eigenvalue weighted by Gasteiger charge is -2.29. The number of rotatable bonds is 10. The maximum absolute atomic E-state index is 13.5. The molecule has 1 heterocycles. The number of benzene rings is 1. The number of alkyl halides is 2. The molecular formula is C19H22ClF2N5O4. The number of nitrogens with two attached hydrogens (primary N) is 1. The topological polar surface area (TPSA) is 132 Å². The van der Waals surface area contributed by atoms with E-state index in [2.05, 4.69) is 20.0 Å². The van der Waals surface area contributed by atoms with Gasteiger partial charge in [-0.1, -0.05) is 18.5 Å². The Balaban J connectivity index is 2.21. The fourth-order valence-corrected chi connectivity index (χ4v) is 3.22. The highest BCUT2D eigenvalue weighted by Crippen LogP contribution is 2.32. The molecule has 2 rings (SSSR count). The maximum Gasteiger partial charge on any atom is 0.279 e. The van der Waals surface area contributed by atoms with E-state index in [1.165, 1.54) is 7.11 Å². The number of hydrogen-bond acceptors (Lipinski definition) is 7. The van der Waals surface area contributed by atoms with Crippen molar-refractivity contribution in [1.29, 1.82) is 5.41 Å². The molecule has 2 aromatic rings. The van der Waals surface area contributed by atoms with Crippen molar-refractivity contribution in [2.24, 2.45) is 5.73 Å². The number of hydrogen-bond donors (Lipinski definition) is 3. The predicted octanol–water partition coefficient (Wildman–Crippen LogP) is 3.05. The summed E-state index contributed by atoms with van der Waals surface area (Å²) in [5.74, 6) is -1.10. The minimum atomic E-state index is -1.12. The summed E-state index contributed by atoms with van der Waals surface area (Å²) in [5.41, 5.74) is 6.14. The van der Waals surface area contributed by atoms with Crippen LogP contribution in [0, 0.1) is 5.41 Å². The molecule has 1 aromatic heterocycles. The van der Waals surface area contributed by atoms with Crippen molar-refractivity contribution >= 4 is 29.2 Å². The van der Waals surface area contributed by atoms with Crippen LogP contribution in [-0.4, -0.2) is 54.7 Å². The van der Waals surface area contributed by atoms with Crippen molar-refractivity contribution in [3.63, 3.8) is 0 Å². The van der Waals surface area contributed by atoms with E-state index in [0.717, 1.165) is 12.4 Å². The summed E-state index contributed by atoms with van der Waals surface area (Å²) < 4.78 is 40.5. The largest absolute Gasteiger partial charge is 0.457 e. The van der Waals surface area contributed by atoms with E-state index in [-0.39, 0.29) is 11.6 Å². The number of amides is 1. The Morgan fingerprint density at radius 3 is 2.61 bits per heavy atom. The molecule has 168 valence electrons. The summed E-state index contributed by atoms with van der Waals surface area (Å²) in [4.78, 5) is 20.1. The number of nitrogens with one attached hydrogen (secondary N) is 2. The summed E-state index contributed by atoms with van der Waals surface area (Å²) in [6, 6.07) is 4.11. The second-order valence-corrected chi connectivity index (χ2v) is 6.75. The zero-order valence-electron chi connectivity index (χ0n) is 16.8. The lowest BCUT2D eigenvalue weighted by Crippen LogP contribution is -2.39. The Labute approximate surface area is 182 Å². The molecule has 1 aromatic carbocycles. The van der Waals surface area contributed by atoms with Gasteiger partial charge in [0.05, 0.1) is 12.4 Å². The molecule has 4 N–H and O–H groups in total. The van der Waals surface area contributed by atoms with Gasteiger partial charge in [0.1, 0.15) is 18.5 Å². The van der Waals surface area contributed by atoms with Gasteiger partial charge in [-0.05, 0) is 23.8 Å². The smallest absolute Gasteiger partial charge is 0.279 e. The number of carbonyl (C=O) groups excluding carboxylic acids is 1. The van der Waals surface area contributed by atoms with E-state index in [1.54, 1.807) is 25.1 Å². The first-order chi connectivity index (χ1) is 14.8. The number of ether oxygens (including phenoxy) is 3. The van der Waals surface area contributed by atoms with E-state index >= 15 is 0 Å². The number of aromatic nitrogens is 2. The number of amidine groups is 1. The second kappa shape index (κ2) is 11.4. The highest BCUT2D eigenvalue weighted by molar-refractivity contribution is 6.31. The van der Waals surface area contributed by atoms with Crippen LogP contribution in [0.5, 0.6) is 5.88 Å². The second-order valence-electron chi connectivity index (χ2n) is 6.35. The Kier molecular flexibility index (Phi) is 8.88. The minimum absolute atomic E-state index is 0.0159. The molecule has 31 heavy (non-hydrogen) atoms. The Morgan fingerprint density at radius 1 is 1.32 bits per heavy atom. The van der Waals surface area contributed by atoms with Gasteiger partial charge >= 0.3 is 0 Å². The van der Waals surface area contributed by atoms with Crippen LogP contribution < -0.4 is 15.8 Å². The molecule has 0 unspecified atom stereocenters. The van der Waals surface area contributed by atoms with Crippen LogP contribution in [0.15, 0.2) is 30.6 Å². The molecular weight excluding hydrogens is 436 g/mol. The van der Waals surface area contributed by atoms with Crippen LogP contribution in [0.25, 0.3) is 0 Å². The molecule has 0 saturated carbocycles. The monoisotopic (exact) mass is 457 g/mol. The number of anilines is 1. The van der Waals surface area contributed by atoms with Gasteiger partial charge in [-0.15, -0.1) is 0 Å². The van der Waals surface area contributed by atoms with Gasteiger partial charge in [-0.2, -0.15) is 0 Å². The molecule has 0 aliphatic heterocycles. The predicted molar refractivity (Wildman–Crippen MR) is 110 cm³/mol. The van der Waals surface area contributed by atoms with E-state index in [4.69, 9.17) is 32.2 Å². The molecule has 0 spiro atoms. The molecule has 0 aliphatic rings. The third-order valence-corrected chi connectivity index (χ3v) is 4.71. The average molecular weight is 458 g/mol. The molecule has 0 fully saturated rings. The van der Waals surface area contributed by atoms with Crippen LogP contribution in [0.2, 0.25) is 5.02 Å². The first-order valence-electron chi connectivity index (χ1n) is 9.01. The first-order valence-corrected chi connectivity index (χ1v) is 9.39. The quantitative estimate of drug-likeness (QED) is 0.369. The average Bonchev–Trinajstić information content (AvgIpc) is 2.75. The summed E-state index contributed by atoms with van der Waals surface area (Å²) in [6.45, 7) is -0.255. The normalized spacial score (nSPS) is 13.7. The van der Waals surface area contributed by atoms with Gasteiger partial charge in [0.15, 0.2) is 6.10 Å². The Morgan fingerprint density at radius 2 is 2.06 bits per heavy atom. The third-order valence-electron chi connectivity index (χ3n) is 4.37. The SMILES string of the molecule is CO[C@@H]([C@@H](CF)OC(=N)N)[C@@H](C)c1cc(NC(=O)c2cnc(OCF)cn2)ccc1Cl. The molecule has 0 bridgehead atoms. The molecule has 0 radical (unpaired) electrons. The molecule has 12 heteroatoms. The zero-order chi connectivity index (χ0) is 23.0. The number of halogens is 3. The highest BCUT2D eigenvalue weighted by Gasteiger charge is 2.31. The van der Waals surface area contributed by atoms with E-state index in [0.29, 0.717) is 16.3 Å². The van der Waals surface area contributed by atoms with Crippen LogP contribution in [-0.2, 0) is 9.47 Å². The van der Waals surface area contributed by atoms with E-state index in [1.807, 2.05) is 0 Å². The van der Waals surface area contributed by atoms with Crippen molar-refractivity contribution in [2.75, 3.05) is 26.0 Å². The van der Waals surface area contributed by atoms with Crippen molar-refractivity contribution in [3.05, 3.63) is 46.9 Å². The zero-order valence-corrected chi connectivity index (χ0v) is 17.5. The Hall–Kier alpha value is -3.05. The van der Waals surface area contributed by atoms with Gasteiger partial charge in [0.2, 0.25) is 12.7 Å². The standard InChI is InChI=1S/C19H22ClF2N5O4/c1-10(17(29-2)15(6-21)31-19(23)24)12-5-11(3-4-13(12)20)27-18(28)14-7-26-16(8-25-14)30-9-22/h3-5,7-8,10,15,17H,6,9H2,1-2H3,(H3,23,24)(H,27,28)/t10-,15+,17+/m0/s1. The minimum Gasteiger partial charge on any atom is -0.457 e. The molecule has 0 aliphatic carbocycles. The lowest BCUT2D eigenvalue weighted by molar-refractivity contribution is -0.0282. The third kappa shape index (κ3) is 6.46. The van der Waals surface area contributed by atoms with Crippen LogP contribution in [0.3, 0.4) is 0 Å². The van der Waals surface area contributed by atoms with E-state index in [9.17, 15) is 13.6 Å². The number of carbonyl (C=O) groups is 1. The van der Waals surface area contributed by atoms with Crippen molar-refractivity contribution in [2.45, 2.75) is 25.0 Å². The number of nitrogens with zero attached hydrogens (tertiary/aromatic N) is 2. The van der Waals surface area contributed by atoms with Crippen molar-refractivity contribution < 1.29 is 27.8 Å². The summed E-state index contributed by atoms with van der Waals surface area (Å²) in [7, 11) is 1.38. The molecule has 1 amide bonds. The molecule has 0 saturated heterocycles. The van der Waals surface area contributed by atoms with Crippen LogP contribution >= 0.6 is 11.6 Å². The van der Waals surface area contributed by atoms with E-state index < -0.39 is 43.6 Å². The summed E-state index contributed by atoms with van der Waals surface area (Å²) >= 11 is 6.31. The number of methoxy groups -OCH3 is 1. The maximum atomic E-state index is 13.5. The molecule has 9 nitrogen and oxygen atoms in total. The van der Waals surface area contributed by atoms with Gasteiger partial charge in [0.25, 0.3) is 11.9 Å². The van der Waals surface area contributed by atoms with Gasteiger partial charge in [-0.3, -0.25) is 10.2 Å². The Bertz CT molecular complexity index is 903. The lowest BCUT2D eigenvalue weighted by atomic mass is 9.91.